The molecule has 1 aliphatic carbocycles. The van der Waals surface area contributed by atoms with Crippen LogP contribution in [0.25, 0.3) is 0 Å². The molecule has 1 heteroatoms. The highest BCUT2D eigenvalue weighted by Gasteiger charge is 2.28. The summed E-state index contributed by atoms with van der Waals surface area (Å²) in [5, 5.41) is 0. The molecule has 1 nitrogen and oxygen atoms in total. The largest absolute Gasteiger partial charge is 0.300 e. The molecule has 0 aromatic heterocycles. The third kappa shape index (κ3) is 1.59. The van der Waals surface area contributed by atoms with Gasteiger partial charge in [0.15, 0.2) is 0 Å². The molecule has 1 aromatic carbocycles. The molecule has 0 amide bonds. The average molecular weight is 188 g/mol. The molecule has 0 saturated heterocycles. The molecule has 1 saturated carbocycles. The van der Waals surface area contributed by atoms with Gasteiger partial charge in [-0.15, -0.1) is 0 Å². The van der Waals surface area contributed by atoms with Crippen LogP contribution >= 0.6 is 0 Å². The van der Waals surface area contributed by atoms with Crippen LogP contribution in [0.1, 0.15) is 42.4 Å². The fourth-order valence-corrected chi connectivity index (χ4v) is 2.13. The van der Waals surface area contributed by atoms with E-state index in [1.807, 2.05) is 0 Å². The summed E-state index contributed by atoms with van der Waals surface area (Å²) in [6.07, 6.45) is 2.60. The van der Waals surface area contributed by atoms with Crippen molar-refractivity contribution in [3.8, 4) is 0 Å². The Kier molecular flexibility index (Phi) is 2.40. The fraction of sp³-hybridized carbons (Fsp3) is 0.462. The zero-order valence-corrected chi connectivity index (χ0v) is 8.84. The van der Waals surface area contributed by atoms with Crippen LogP contribution in [0.3, 0.4) is 0 Å². The van der Waals surface area contributed by atoms with E-state index in [0.29, 0.717) is 11.7 Å². The van der Waals surface area contributed by atoms with Crippen molar-refractivity contribution in [2.45, 2.75) is 39.0 Å². The van der Waals surface area contributed by atoms with Crippen LogP contribution in [0.2, 0.25) is 0 Å². The van der Waals surface area contributed by atoms with Crippen LogP contribution < -0.4 is 0 Å². The van der Waals surface area contributed by atoms with E-state index < -0.39 is 0 Å². The fourth-order valence-electron chi connectivity index (χ4n) is 2.13. The Hall–Kier alpha value is -1.11. The van der Waals surface area contributed by atoms with Crippen LogP contribution in [0.4, 0.5) is 0 Å². The number of hydrogen-bond acceptors (Lipinski definition) is 1. The van der Waals surface area contributed by atoms with Crippen LogP contribution in [0.15, 0.2) is 18.2 Å². The summed E-state index contributed by atoms with van der Waals surface area (Å²) in [5.41, 5.74) is 4.11. The van der Waals surface area contributed by atoms with Crippen molar-refractivity contribution in [3.63, 3.8) is 0 Å². The highest BCUT2D eigenvalue weighted by atomic mass is 16.1. The van der Waals surface area contributed by atoms with E-state index in [2.05, 4.69) is 32.0 Å². The van der Waals surface area contributed by atoms with Crippen LogP contribution in [0, 0.1) is 6.92 Å². The zero-order chi connectivity index (χ0) is 10.1. The molecule has 0 N–H and O–H groups in total. The van der Waals surface area contributed by atoms with Gasteiger partial charge in [-0.25, -0.2) is 0 Å². The minimum atomic E-state index is 0.411. The Morgan fingerprint density at radius 1 is 1.36 bits per heavy atom. The number of aryl methyl sites for hydroxylation is 2. The average Bonchev–Trinajstić information content (AvgIpc) is 2.13. The van der Waals surface area contributed by atoms with E-state index in [1.54, 1.807) is 0 Å². The number of benzene rings is 1. The van der Waals surface area contributed by atoms with Gasteiger partial charge in [-0.2, -0.15) is 0 Å². The van der Waals surface area contributed by atoms with E-state index in [9.17, 15) is 4.79 Å². The maximum Gasteiger partial charge on any atom is 0.134 e. The molecule has 0 heterocycles. The van der Waals surface area contributed by atoms with E-state index in [1.165, 1.54) is 16.7 Å². The maximum absolute atomic E-state index is 10.9. The molecule has 74 valence electrons. The summed E-state index contributed by atoms with van der Waals surface area (Å²) in [6.45, 7) is 4.32. The quantitative estimate of drug-likeness (QED) is 0.697. The van der Waals surface area contributed by atoms with E-state index in [-0.39, 0.29) is 0 Å². The molecule has 0 bridgehead atoms. The predicted molar refractivity (Wildman–Crippen MR) is 57.5 cm³/mol. The molecule has 1 aliphatic rings. The number of rotatable bonds is 2. The Morgan fingerprint density at radius 2 is 2.07 bits per heavy atom. The minimum Gasteiger partial charge on any atom is -0.300 e. The summed E-state index contributed by atoms with van der Waals surface area (Å²) in [4.78, 5) is 10.9. The Bertz CT molecular complexity index is 357. The Morgan fingerprint density at radius 3 is 2.57 bits per heavy atom. The predicted octanol–water partition coefficient (Wildman–Crippen LogP) is 3.00. The van der Waals surface area contributed by atoms with Crippen LogP contribution in [0.5, 0.6) is 0 Å². The summed E-state index contributed by atoms with van der Waals surface area (Å²) in [6, 6.07) is 6.63. The van der Waals surface area contributed by atoms with Gasteiger partial charge in [0.25, 0.3) is 0 Å². The van der Waals surface area contributed by atoms with E-state index in [0.717, 1.165) is 19.3 Å². The molecule has 0 unspecified atom stereocenters. The summed E-state index contributed by atoms with van der Waals surface area (Å²) < 4.78 is 0. The SMILES string of the molecule is CCc1ccc(C2CC(=O)C2)c(C)c1. The lowest BCUT2D eigenvalue weighted by Crippen LogP contribution is -2.21. The smallest absolute Gasteiger partial charge is 0.134 e. The van der Waals surface area contributed by atoms with Crippen molar-refractivity contribution in [3.05, 3.63) is 34.9 Å². The van der Waals surface area contributed by atoms with Crippen molar-refractivity contribution < 1.29 is 4.79 Å². The van der Waals surface area contributed by atoms with Crippen molar-refractivity contribution >= 4 is 5.78 Å². The minimum absolute atomic E-state index is 0.411. The standard InChI is InChI=1S/C13H16O/c1-3-10-4-5-13(9(2)6-10)11-7-12(14)8-11/h4-6,11H,3,7-8H2,1-2H3. The lowest BCUT2D eigenvalue weighted by molar-refractivity contribution is -0.124. The van der Waals surface area contributed by atoms with E-state index in [4.69, 9.17) is 0 Å². The van der Waals surface area contributed by atoms with Gasteiger partial charge >= 0.3 is 0 Å². The first-order chi connectivity index (χ1) is 6.70. The molecule has 0 aliphatic heterocycles. The second-order valence-corrected chi connectivity index (χ2v) is 4.19. The molecule has 0 atom stereocenters. The van der Waals surface area contributed by atoms with Crippen molar-refractivity contribution in [1.82, 2.24) is 0 Å². The molecular weight excluding hydrogens is 172 g/mol. The van der Waals surface area contributed by atoms with Gasteiger partial charge in [0, 0.05) is 12.8 Å². The van der Waals surface area contributed by atoms with E-state index >= 15 is 0 Å². The molecular formula is C13H16O. The van der Waals surface area contributed by atoms with Gasteiger partial charge in [0.2, 0.25) is 0 Å². The third-order valence-electron chi connectivity index (χ3n) is 3.13. The maximum atomic E-state index is 10.9. The number of hydrogen-bond donors (Lipinski definition) is 0. The van der Waals surface area contributed by atoms with Gasteiger partial charge in [0.1, 0.15) is 5.78 Å². The first-order valence-corrected chi connectivity index (χ1v) is 5.32. The van der Waals surface area contributed by atoms with Crippen molar-refractivity contribution in [2.75, 3.05) is 0 Å². The molecule has 0 radical (unpaired) electrons. The Balaban J connectivity index is 2.22. The van der Waals surface area contributed by atoms with Crippen LogP contribution in [-0.4, -0.2) is 5.78 Å². The highest BCUT2D eigenvalue weighted by Crippen LogP contribution is 2.35. The van der Waals surface area contributed by atoms with Gasteiger partial charge in [0.05, 0.1) is 0 Å². The number of Topliss-reactive ketones (excluding diaryl/α,β-unsaturated/α-hetero) is 1. The second-order valence-electron chi connectivity index (χ2n) is 4.19. The molecule has 1 fully saturated rings. The van der Waals surface area contributed by atoms with Gasteiger partial charge in [-0.3, -0.25) is 4.79 Å². The summed E-state index contributed by atoms with van der Waals surface area (Å²) in [5.74, 6) is 0.919. The first-order valence-electron chi connectivity index (χ1n) is 5.32. The van der Waals surface area contributed by atoms with Gasteiger partial charge in [-0.05, 0) is 36.0 Å². The Labute approximate surface area is 85.1 Å². The zero-order valence-electron chi connectivity index (χ0n) is 8.84. The summed E-state index contributed by atoms with van der Waals surface area (Å²) >= 11 is 0. The normalized spacial score (nSPS) is 16.9. The van der Waals surface area contributed by atoms with Crippen molar-refractivity contribution in [2.24, 2.45) is 0 Å². The van der Waals surface area contributed by atoms with Crippen LogP contribution in [-0.2, 0) is 11.2 Å². The van der Waals surface area contributed by atoms with Gasteiger partial charge < -0.3 is 0 Å². The number of carbonyl (C=O) groups is 1. The van der Waals surface area contributed by atoms with Gasteiger partial charge in [-0.1, -0.05) is 25.1 Å². The topological polar surface area (TPSA) is 17.1 Å². The number of ketones is 1. The molecule has 14 heavy (non-hydrogen) atoms. The molecule has 1 aromatic rings. The summed E-state index contributed by atoms with van der Waals surface area (Å²) in [7, 11) is 0. The highest BCUT2D eigenvalue weighted by molar-refractivity contribution is 5.86. The lowest BCUT2D eigenvalue weighted by atomic mass is 9.77. The molecule has 2 rings (SSSR count). The van der Waals surface area contributed by atoms with Crippen molar-refractivity contribution in [1.29, 1.82) is 0 Å². The lowest BCUT2D eigenvalue weighted by Gasteiger charge is -2.26. The monoisotopic (exact) mass is 188 g/mol. The molecule has 0 spiro atoms. The first kappa shape index (κ1) is 9.45. The number of carbonyl (C=O) groups excluding carboxylic acids is 1. The third-order valence-corrected chi connectivity index (χ3v) is 3.13. The second kappa shape index (κ2) is 3.56.